The summed E-state index contributed by atoms with van der Waals surface area (Å²) in [6.45, 7) is 3.31. The highest BCUT2D eigenvalue weighted by molar-refractivity contribution is 5.87. The average molecular weight is 462 g/mol. The minimum atomic E-state index is -1.01. The molecule has 34 heavy (non-hydrogen) atoms. The molecule has 0 spiro atoms. The van der Waals surface area contributed by atoms with Crippen LogP contribution in [0.5, 0.6) is 0 Å². The molecule has 4 N–H and O–H groups in total. The van der Waals surface area contributed by atoms with Crippen LogP contribution in [-0.2, 0) is 11.3 Å². The predicted molar refractivity (Wildman–Crippen MR) is 128 cm³/mol. The van der Waals surface area contributed by atoms with E-state index in [-0.39, 0.29) is 11.9 Å². The Morgan fingerprint density at radius 2 is 1.85 bits per heavy atom. The summed E-state index contributed by atoms with van der Waals surface area (Å²) in [5.41, 5.74) is 4.37. The van der Waals surface area contributed by atoms with Gasteiger partial charge in [0.15, 0.2) is 11.4 Å². The molecule has 0 saturated heterocycles. The van der Waals surface area contributed by atoms with Crippen molar-refractivity contribution in [2.45, 2.75) is 32.4 Å². The smallest absolute Gasteiger partial charge is 0.229 e. The molecule has 176 valence electrons. The van der Waals surface area contributed by atoms with Crippen molar-refractivity contribution in [3.8, 4) is 11.3 Å². The van der Waals surface area contributed by atoms with E-state index in [4.69, 9.17) is 5.11 Å². The highest BCUT2D eigenvalue weighted by Gasteiger charge is 2.20. The van der Waals surface area contributed by atoms with E-state index in [2.05, 4.69) is 30.7 Å². The maximum absolute atomic E-state index is 11.9. The van der Waals surface area contributed by atoms with Crippen LogP contribution in [0, 0.1) is 0 Å². The molecular weight excluding hydrogens is 434 g/mol. The number of fused-ring (bicyclic) bond motifs is 1. The number of anilines is 2. The fourth-order valence-corrected chi connectivity index (χ4v) is 3.46. The van der Waals surface area contributed by atoms with Gasteiger partial charge in [-0.05, 0) is 17.5 Å². The topological polar surface area (TPSA) is 138 Å². The molecule has 0 bridgehead atoms. The van der Waals surface area contributed by atoms with E-state index >= 15 is 0 Å². The van der Waals surface area contributed by atoms with Crippen LogP contribution in [0.2, 0.25) is 0 Å². The van der Waals surface area contributed by atoms with Gasteiger partial charge < -0.3 is 20.8 Å². The van der Waals surface area contributed by atoms with E-state index in [0.29, 0.717) is 18.1 Å². The summed E-state index contributed by atoms with van der Waals surface area (Å²) >= 11 is 0. The number of aliphatic hydroxyl groups excluding tert-OH is 2. The maximum atomic E-state index is 11.9. The van der Waals surface area contributed by atoms with Gasteiger partial charge in [-0.1, -0.05) is 50.2 Å². The van der Waals surface area contributed by atoms with E-state index in [1.807, 2.05) is 56.3 Å². The molecule has 4 rings (SSSR count). The number of rotatable bonds is 10. The number of carbonyl (C=O) groups excluding carboxylic acids is 1. The van der Waals surface area contributed by atoms with Crippen LogP contribution in [0.25, 0.3) is 16.9 Å². The number of nitrogens with one attached hydrogen (secondary N) is 2. The highest BCUT2D eigenvalue weighted by atomic mass is 16.3. The Balaban J connectivity index is 1.60. The number of hydrogen-bond donors (Lipinski definition) is 4. The van der Waals surface area contributed by atoms with Crippen LogP contribution >= 0.6 is 0 Å². The molecular formula is C24H27N7O3. The van der Waals surface area contributed by atoms with Crippen molar-refractivity contribution in [1.82, 2.24) is 24.6 Å². The van der Waals surface area contributed by atoms with E-state index in [1.54, 1.807) is 16.9 Å². The second kappa shape index (κ2) is 10.4. The monoisotopic (exact) mass is 461 g/mol. The highest BCUT2D eigenvalue weighted by Crippen LogP contribution is 2.23. The number of Topliss-reactive ketones (excluding diaryl/α,β-unsaturated/α-hetero) is 1. The molecule has 4 aromatic rings. The van der Waals surface area contributed by atoms with E-state index in [1.165, 1.54) is 0 Å². The molecule has 0 fully saturated rings. The minimum Gasteiger partial charge on any atom is -0.394 e. The molecule has 0 saturated carbocycles. The van der Waals surface area contributed by atoms with Crippen molar-refractivity contribution >= 4 is 23.3 Å². The zero-order valence-electron chi connectivity index (χ0n) is 19.0. The first-order valence-corrected chi connectivity index (χ1v) is 11.0. The Kier molecular flexibility index (Phi) is 7.09. The Bertz CT molecular complexity index is 1260. The molecule has 0 aliphatic rings. The van der Waals surface area contributed by atoms with Crippen LogP contribution in [-0.4, -0.2) is 59.8 Å². The molecule has 0 amide bonds. The summed E-state index contributed by atoms with van der Waals surface area (Å²) in [4.78, 5) is 25.4. The minimum absolute atomic E-state index is 0.149. The first-order chi connectivity index (χ1) is 16.5. The normalized spacial score (nSPS) is 12.1. The fourth-order valence-electron chi connectivity index (χ4n) is 3.46. The molecule has 0 radical (unpaired) electrons. The van der Waals surface area contributed by atoms with Gasteiger partial charge in [0.2, 0.25) is 11.9 Å². The summed E-state index contributed by atoms with van der Waals surface area (Å²) < 4.78 is 1.61. The maximum Gasteiger partial charge on any atom is 0.229 e. The molecule has 0 unspecified atom stereocenters. The second-order valence-electron chi connectivity index (χ2n) is 8.14. The number of carbonyl (C=O) groups is 1. The largest absolute Gasteiger partial charge is 0.394 e. The number of ketones is 1. The van der Waals surface area contributed by atoms with Crippen molar-refractivity contribution in [1.29, 1.82) is 0 Å². The molecule has 1 atom stereocenters. The van der Waals surface area contributed by atoms with Crippen LogP contribution in [0.4, 0.5) is 11.9 Å². The molecule has 10 heteroatoms. The molecule has 1 aromatic carbocycles. The van der Waals surface area contributed by atoms with Crippen molar-refractivity contribution in [2.75, 3.05) is 23.8 Å². The zero-order valence-corrected chi connectivity index (χ0v) is 19.0. The van der Waals surface area contributed by atoms with E-state index in [0.717, 1.165) is 22.4 Å². The number of benzene rings is 1. The van der Waals surface area contributed by atoms with Gasteiger partial charge in [0.1, 0.15) is 12.6 Å². The Hall–Kier alpha value is -3.89. The van der Waals surface area contributed by atoms with Crippen LogP contribution in [0.3, 0.4) is 0 Å². The lowest BCUT2D eigenvalue weighted by molar-refractivity contribution is -0.123. The van der Waals surface area contributed by atoms with Crippen molar-refractivity contribution in [3.63, 3.8) is 0 Å². The third-order valence-corrected chi connectivity index (χ3v) is 5.39. The SMILES string of the molecule is CC(C)c1cnn2c(NCc3ccc(-c4ccccc4)nc3)nc(N[C@@H](CO)C(=O)CO)nc12. The molecule has 0 aliphatic carbocycles. The van der Waals surface area contributed by atoms with Gasteiger partial charge in [0, 0.05) is 23.9 Å². The van der Waals surface area contributed by atoms with Gasteiger partial charge in [-0.25, -0.2) is 0 Å². The number of aromatic nitrogens is 5. The van der Waals surface area contributed by atoms with E-state index < -0.39 is 25.0 Å². The van der Waals surface area contributed by atoms with Gasteiger partial charge in [0.05, 0.1) is 18.5 Å². The third-order valence-electron chi connectivity index (χ3n) is 5.39. The zero-order chi connectivity index (χ0) is 24.1. The molecule has 0 aliphatic heterocycles. The Morgan fingerprint density at radius 3 is 2.50 bits per heavy atom. The number of aliphatic hydroxyl groups is 2. The quantitative estimate of drug-likeness (QED) is 0.280. The van der Waals surface area contributed by atoms with Gasteiger partial charge >= 0.3 is 0 Å². The van der Waals surface area contributed by atoms with Crippen LogP contribution < -0.4 is 10.6 Å². The van der Waals surface area contributed by atoms with Gasteiger partial charge in [0.25, 0.3) is 0 Å². The lowest BCUT2D eigenvalue weighted by atomic mass is 10.1. The van der Waals surface area contributed by atoms with Crippen LogP contribution in [0.1, 0.15) is 30.9 Å². The van der Waals surface area contributed by atoms with Crippen molar-refractivity contribution in [3.05, 3.63) is 66.0 Å². The third kappa shape index (κ3) is 5.03. The number of pyridine rings is 1. The van der Waals surface area contributed by atoms with Crippen molar-refractivity contribution < 1.29 is 15.0 Å². The molecule has 10 nitrogen and oxygen atoms in total. The molecule has 3 heterocycles. The molecule has 3 aromatic heterocycles. The average Bonchev–Trinajstić information content (AvgIpc) is 3.30. The van der Waals surface area contributed by atoms with E-state index in [9.17, 15) is 9.90 Å². The number of hydrogen-bond acceptors (Lipinski definition) is 9. The second-order valence-corrected chi connectivity index (χ2v) is 8.14. The van der Waals surface area contributed by atoms with Gasteiger partial charge in [-0.15, -0.1) is 0 Å². The van der Waals surface area contributed by atoms with Crippen LogP contribution in [0.15, 0.2) is 54.9 Å². The standard InChI is InChI=1S/C24H27N7O3/c1-15(2)18-12-27-31-22(18)29-23(28-20(13-32)21(34)14-33)30-24(31)26-11-16-8-9-19(25-10-16)17-6-4-3-5-7-17/h3-10,12,15,20,32-33H,11,13-14H2,1-2H3,(H2,26,28,29,30)/t20-/m0/s1. The first kappa shape index (κ1) is 23.3. The lowest BCUT2D eigenvalue weighted by Crippen LogP contribution is -2.36. The fraction of sp³-hybridized carbons (Fsp3) is 0.292. The summed E-state index contributed by atoms with van der Waals surface area (Å²) in [5.74, 6) is 0.175. The van der Waals surface area contributed by atoms with Crippen molar-refractivity contribution in [2.24, 2.45) is 0 Å². The lowest BCUT2D eigenvalue weighted by Gasteiger charge is -2.16. The van der Waals surface area contributed by atoms with Gasteiger partial charge in [-0.3, -0.25) is 9.78 Å². The summed E-state index contributed by atoms with van der Waals surface area (Å²) in [7, 11) is 0. The summed E-state index contributed by atoms with van der Waals surface area (Å²) in [6, 6.07) is 12.9. The first-order valence-electron chi connectivity index (χ1n) is 11.0. The predicted octanol–water partition coefficient (Wildman–Crippen LogP) is 2.26. The van der Waals surface area contributed by atoms with Gasteiger partial charge in [-0.2, -0.15) is 19.6 Å². The summed E-state index contributed by atoms with van der Waals surface area (Å²) in [5, 5.41) is 29.2. The summed E-state index contributed by atoms with van der Waals surface area (Å²) in [6.07, 6.45) is 3.54. The number of nitrogens with zero attached hydrogens (tertiary/aromatic N) is 5. The Labute approximate surface area is 196 Å². The Morgan fingerprint density at radius 1 is 1.06 bits per heavy atom.